The number of likely N-dealkylation sites (tertiary alicyclic amines) is 1. The molecule has 1 aromatic carbocycles. The smallest absolute Gasteiger partial charge is 0.313 e. The summed E-state index contributed by atoms with van der Waals surface area (Å²) in [5.74, 6) is -1.19. The lowest BCUT2D eigenvalue weighted by Gasteiger charge is -2.23. The van der Waals surface area contributed by atoms with Crippen molar-refractivity contribution in [2.24, 2.45) is 5.41 Å². The molecule has 0 saturated carbocycles. The number of carboxylic acid groups (broad SMARTS) is 1. The van der Waals surface area contributed by atoms with Gasteiger partial charge in [-0.3, -0.25) is 19.7 Å². The van der Waals surface area contributed by atoms with E-state index in [-0.39, 0.29) is 31.2 Å². The highest BCUT2D eigenvalue weighted by Crippen LogP contribution is 2.32. The minimum atomic E-state index is -1.08. The summed E-state index contributed by atoms with van der Waals surface area (Å²) < 4.78 is 5.03. The van der Waals surface area contributed by atoms with Gasteiger partial charge in [0.2, 0.25) is 5.91 Å². The number of aromatic amines is 1. The Morgan fingerprint density at radius 2 is 2.23 bits per heavy atom. The number of nitro groups is 1. The Morgan fingerprint density at radius 3 is 2.88 bits per heavy atom. The second kappa shape index (κ2) is 6.75. The quantitative estimate of drug-likeness (QED) is 0.594. The predicted octanol–water partition coefficient (Wildman–Crippen LogP) is 1.57. The molecule has 3 rings (SSSR count). The van der Waals surface area contributed by atoms with Crippen molar-refractivity contribution < 1.29 is 24.4 Å². The van der Waals surface area contributed by atoms with Gasteiger partial charge in [0.05, 0.1) is 18.0 Å². The fourth-order valence-electron chi connectivity index (χ4n) is 3.42. The Hall–Kier alpha value is -2.94. The lowest BCUT2D eigenvalue weighted by molar-refractivity contribution is -0.384. The Kier molecular flexibility index (Phi) is 4.64. The molecule has 26 heavy (non-hydrogen) atoms. The van der Waals surface area contributed by atoms with Gasteiger partial charge in [-0.1, -0.05) is 0 Å². The predicted molar refractivity (Wildman–Crippen MR) is 91.8 cm³/mol. The van der Waals surface area contributed by atoms with Gasteiger partial charge in [0.25, 0.3) is 5.69 Å². The van der Waals surface area contributed by atoms with Crippen LogP contribution in [0, 0.1) is 15.5 Å². The van der Waals surface area contributed by atoms with Gasteiger partial charge in [-0.25, -0.2) is 0 Å². The number of benzene rings is 1. The lowest BCUT2D eigenvalue weighted by Crippen LogP contribution is -2.40. The first-order valence-electron chi connectivity index (χ1n) is 8.11. The first-order chi connectivity index (χ1) is 12.4. The van der Waals surface area contributed by atoms with E-state index < -0.39 is 16.3 Å². The third-order valence-corrected chi connectivity index (χ3v) is 4.88. The fraction of sp³-hybridized carbons (Fsp3) is 0.412. The maximum Gasteiger partial charge on any atom is 0.313 e. The topological polar surface area (TPSA) is 126 Å². The van der Waals surface area contributed by atoms with Gasteiger partial charge in [0, 0.05) is 49.4 Å². The van der Waals surface area contributed by atoms with E-state index >= 15 is 0 Å². The van der Waals surface area contributed by atoms with Crippen LogP contribution in [0.1, 0.15) is 12.0 Å². The van der Waals surface area contributed by atoms with Gasteiger partial charge >= 0.3 is 5.97 Å². The van der Waals surface area contributed by atoms with Crippen LogP contribution in [-0.2, 0) is 20.7 Å². The SMILES string of the molecule is COCC1(C(=O)O)CCN(C(=O)Cc2c[nH]c3ccc([N+](=O)[O-])cc23)C1. The molecule has 0 radical (unpaired) electrons. The second-order valence-corrected chi connectivity index (χ2v) is 6.56. The average Bonchev–Trinajstić information content (AvgIpc) is 3.20. The van der Waals surface area contributed by atoms with Crippen LogP contribution in [0.3, 0.4) is 0 Å². The summed E-state index contributed by atoms with van der Waals surface area (Å²) in [7, 11) is 1.44. The number of methoxy groups -OCH3 is 1. The van der Waals surface area contributed by atoms with Crippen molar-refractivity contribution >= 4 is 28.5 Å². The summed E-state index contributed by atoms with van der Waals surface area (Å²) in [6.07, 6.45) is 2.03. The molecular formula is C17H19N3O6. The number of fused-ring (bicyclic) bond motifs is 1. The third kappa shape index (κ3) is 3.13. The van der Waals surface area contributed by atoms with Gasteiger partial charge in [0.1, 0.15) is 5.41 Å². The van der Waals surface area contributed by atoms with Crippen LogP contribution in [0.4, 0.5) is 5.69 Å². The van der Waals surface area contributed by atoms with Gasteiger partial charge in [-0.15, -0.1) is 0 Å². The maximum absolute atomic E-state index is 12.6. The van der Waals surface area contributed by atoms with Gasteiger partial charge in [-0.05, 0) is 18.1 Å². The molecule has 2 N–H and O–H groups in total. The van der Waals surface area contributed by atoms with E-state index in [9.17, 15) is 24.8 Å². The van der Waals surface area contributed by atoms with E-state index in [1.807, 2.05) is 0 Å². The molecule has 1 aliphatic rings. The number of hydrogen-bond donors (Lipinski definition) is 2. The van der Waals surface area contributed by atoms with E-state index in [0.717, 1.165) is 0 Å². The molecule has 0 bridgehead atoms. The van der Waals surface area contributed by atoms with Crippen molar-refractivity contribution in [3.05, 3.63) is 40.1 Å². The number of carboxylic acids is 1. The highest BCUT2D eigenvalue weighted by atomic mass is 16.6. The zero-order valence-corrected chi connectivity index (χ0v) is 14.2. The molecule has 9 nitrogen and oxygen atoms in total. The number of hydrogen-bond acceptors (Lipinski definition) is 5. The number of nitrogens with one attached hydrogen (secondary N) is 1. The number of H-pyrrole nitrogens is 1. The number of carbonyl (C=O) groups is 2. The Balaban J connectivity index is 1.78. The summed E-state index contributed by atoms with van der Waals surface area (Å²) in [5, 5.41) is 21.1. The third-order valence-electron chi connectivity index (χ3n) is 4.88. The highest BCUT2D eigenvalue weighted by Gasteiger charge is 2.46. The molecule has 138 valence electrons. The lowest BCUT2D eigenvalue weighted by atomic mass is 9.88. The molecule has 1 fully saturated rings. The number of aliphatic carboxylic acids is 1. The Labute approximate surface area is 148 Å². The molecule has 0 spiro atoms. The molecule has 1 atom stereocenters. The van der Waals surface area contributed by atoms with E-state index in [0.29, 0.717) is 29.4 Å². The number of carbonyl (C=O) groups excluding carboxylic acids is 1. The molecule has 1 amide bonds. The highest BCUT2D eigenvalue weighted by molar-refractivity contribution is 5.90. The summed E-state index contributed by atoms with van der Waals surface area (Å²) in [5.41, 5.74) is 0.230. The molecule has 2 heterocycles. The van der Waals surface area contributed by atoms with Crippen LogP contribution < -0.4 is 0 Å². The summed E-state index contributed by atoms with van der Waals surface area (Å²) >= 11 is 0. The van der Waals surface area contributed by atoms with Crippen molar-refractivity contribution in [3.63, 3.8) is 0 Å². The Bertz CT molecular complexity index is 877. The molecule has 9 heteroatoms. The Morgan fingerprint density at radius 1 is 1.46 bits per heavy atom. The average molecular weight is 361 g/mol. The van der Waals surface area contributed by atoms with Crippen molar-refractivity contribution in [1.82, 2.24) is 9.88 Å². The van der Waals surface area contributed by atoms with E-state index in [1.54, 1.807) is 12.3 Å². The van der Waals surface area contributed by atoms with E-state index in [2.05, 4.69) is 4.98 Å². The van der Waals surface area contributed by atoms with Crippen LogP contribution in [0.5, 0.6) is 0 Å². The van der Waals surface area contributed by atoms with Crippen molar-refractivity contribution in [2.75, 3.05) is 26.8 Å². The van der Waals surface area contributed by atoms with Gasteiger partial charge < -0.3 is 19.7 Å². The standard InChI is InChI=1S/C17H19N3O6/c1-26-10-17(16(22)23)4-5-19(9-17)15(21)6-11-8-18-14-3-2-12(20(24)25)7-13(11)14/h2-3,7-8,18H,4-6,9-10H2,1H3,(H,22,23). The van der Waals surface area contributed by atoms with Gasteiger partial charge in [-0.2, -0.15) is 0 Å². The van der Waals surface area contributed by atoms with Crippen molar-refractivity contribution in [3.8, 4) is 0 Å². The minimum Gasteiger partial charge on any atom is -0.481 e. The van der Waals surface area contributed by atoms with Gasteiger partial charge in [0.15, 0.2) is 0 Å². The first-order valence-corrected chi connectivity index (χ1v) is 8.11. The minimum absolute atomic E-state index is 0.0445. The molecule has 0 aliphatic carbocycles. The maximum atomic E-state index is 12.6. The zero-order valence-electron chi connectivity index (χ0n) is 14.2. The molecule has 1 aliphatic heterocycles. The van der Waals surface area contributed by atoms with E-state index in [4.69, 9.17) is 4.74 Å². The summed E-state index contributed by atoms with van der Waals surface area (Å²) in [6, 6.07) is 4.44. The molecule has 2 aromatic rings. The molecule has 1 unspecified atom stereocenters. The van der Waals surface area contributed by atoms with Crippen LogP contribution in [0.15, 0.2) is 24.4 Å². The van der Waals surface area contributed by atoms with E-state index in [1.165, 1.54) is 24.1 Å². The normalized spacial score (nSPS) is 19.8. The molecule has 1 aromatic heterocycles. The van der Waals surface area contributed by atoms with Crippen molar-refractivity contribution in [1.29, 1.82) is 0 Å². The fourth-order valence-corrected chi connectivity index (χ4v) is 3.42. The second-order valence-electron chi connectivity index (χ2n) is 6.56. The van der Waals surface area contributed by atoms with Crippen LogP contribution in [0.25, 0.3) is 10.9 Å². The zero-order chi connectivity index (χ0) is 18.9. The van der Waals surface area contributed by atoms with Crippen LogP contribution >= 0.6 is 0 Å². The van der Waals surface area contributed by atoms with Crippen LogP contribution in [-0.4, -0.2) is 58.6 Å². The number of rotatable bonds is 6. The first kappa shape index (κ1) is 17.9. The van der Waals surface area contributed by atoms with Crippen LogP contribution in [0.2, 0.25) is 0 Å². The number of non-ortho nitro benzene ring substituents is 1. The molecule has 1 saturated heterocycles. The molecular weight excluding hydrogens is 342 g/mol. The number of nitro benzene ring substituents is 1. The summed E-state index contributed by atoms with van der Waals surface area (Å²) in [6.45, 7) is 0.486. The number of aromatic nitrogens is 1. The number of amides is 1. The number of nitrogens with zero attached hydrogens (tertiary/aromatic N) is 2. The van der Waals surface area contributed by atoms with Crippen molar-refractivity contribution in [2.45, 2.75) is 12.8 Å². The monoisotopic (exact) mass is 361 g/mol. The largest absolute Gasteiger partial charge is 0.481 e. The number of ether oxygens (including phenoxy) is 1. The summed E-state index contributed by atoms with van der Waals surface area (Å²) in [4.78, 5) is 39.2.